The number of rotatable bonds is 2. The fourth-order valence-electron chi connectivity index (χ4n) is 4.35. The summed E-state index contributed by atoms with van der Waals surface area (Å²) in [6, 6.07) is 5.93. The number of nitrogens with zero attached hydrogens (tertiary/aromatic N) is 3. The molecule has 0 saturated carbocycles. The zero-order valence-electron chi connectivity index (χ0n) is 14.6. The zero-order valence-corrected chi connectivity index (χ0v) is 14.6. The average molecular weight is 339 g/mol. The maximum atomic E-state index is 13.6. The summed E-state index contributed by atoms with van der Waals surface area (Å²) < 4.78 is 13.6. The van der Waals surface area contributed by atoms with Crippen LogP contribution in [-0.2, 0) is 0 Å². The zero-order chi connectivity index (χ0) is 17.6. The van der Waals surface area contributed by atoms with Crippen molar-refractivity contribution in [2.24, 2.45) is 0 Å². The Kier molecular flexibility index (Phi) is 4.02. The predicted octanol–water partition coefficient (Wildman–Crippen LogP) is 3.78. The number of hydrogen-bond donors (Lipinski definition) is 0. The van der Waals surface area contributed by atoms with Gasteiger partial charge in [0.1, 0.15) is 11.6 Å². The highest BCUT2D eigenvalue weighted by Crippen LogP contribution is 2.43. The molecule has 2 aliphatic heterocycles. The summed E-state index contributed by atoms with van der Waals surface area (Å²) in [4.78, 5) is 23.3. The third-order valence-electron chi connectivity index (χ3n) is 5.65. The number of amides is 1. The van der Waals surface area contributed by atoms with E-state index in [-0.39, 0.29) is 23.8 Å². The second-order valence-corrected chi connectivity index (χ2v) is 7.29. The van der Waals surface area contributed by atoms with Gasteiger partial charge in [0.25, 0.3) is 5.91 Å². The normalized spacial score (nSPS) is 25.2. The van der Waals surface area contributed by atoms with Crippen LogP contribution in [0.1, 0.15) is 58.9 Å². The molecule has 130 valence electrons. The molecule has 2 bridgehead atoms. The summed E-state index contributed by atoms with van der Waals surface area (Å²) >= 11 is 0. The molecule has 0 N–H and O–H groups in total. The number of piperidine rings is 1. The van der Waals surface area contributed by atoms with E-state index in [4.69, 9.17) is 0 Å². The number of hydrogen-bond acceptors (Lipinski definition) is 3. The molecule has 1 aromatic heterocycles. The van der Waals surface area contributed by atoms with Crippen LogP contribution in [0.25, 0.3) is 0 Å². The van der Waals surface area contributed by atoms with Crippen molar-refractivity contribution in [3.8, 4) is 0 Å². The molecule has 2 saturated heterocycles. The Labute approximate surface area is 147 Å². The Morgan fingerprint density at radius 3 is 2.36 bits per heavy atom. The van der Waals surface area contributed by atoms with E-state index in [0.29, 0.717) is 22.9 Å². The van der Waals surface area contributed by atoms with Gasteiger partial charge in [0, 0.05) is 24.5 Å². The second-order valence-electron chi connectivity index (χ2n) is 7.29. The Balaban J connectivity index is 1.54. The molecule has 2 aromatic rings. The molecule has 3 atom stereocenters. The van der Waals surface area contributed by atoms with Gasteiger partial charge < -0.3 is 4.90 Å². The van der Waals surface area contributed by atoms with Crippen LogP contribution in [0.15, 0.2) is 30.6 Å². The minimum Gasteiger partial charge on any atom is -0.333 e. The summed E-state index contributed by atoms with van der Waals surface area (Å²) in [5.41, 5.74) is 2.46. The number of carbonyl (C=O) groups is 1. The maximum absolute atomic E-state index is 13.6. The number of benzene rings is 1. The van der Waals surface area contributed by atoms with Crippen LogP contribution in [0.4, 0.5) is 4.39 Å². The van der Waals surface area contributed by atoms with Crippen molar-refractivity contribution < 1.29 is 9.18 Å². The number of fused-ring (bicyclic) bond motifs is 2. The molecule has 25 heavy (non-hydrogen) atoms. The van der Waals surface area contributed by atoms with E-state index in [0.717, 1.165) is 25.7 Å². The maximum Gasteiger partial charge on any atom is 0.257 e. The molecule has 1 amide bonds. The smallest absolute Gasteiger partial charge is 0.257 e. The molecule has 5 heteroatoms. The molecule has 2 aliphatic rings. The van der Waals surface area contributed by atoms with Crippen LogP contribution in [0.5, 0.6) is 0 Å². The molecule has 0 aliphatic carbocycles. The van der Waals surface area contributed by atoms with Crippen molar-refractivity contribution >= 4 is 5.91 Å². The molecular weight excluding hydrogens is 317 g/mol. The summed E-state index contributed by atoms with van der Waals surface area (Å²) in [6.07, 6.45) is 7.22. The highest BCUT2D eigenvalue weighted by atomic mass is 19.1. The Morgan fingerprint density at radius 1 is 1.12 bits per heavy atom. The van der Waals surface area contributed by atoms with Crippen LogP contribution in [0.2, 0.25) is 0 Å². The minimum absolute atomic E-state index is 0.0428. The van der Waals surface area contributed by atoms with E-state index in [1.54, 1.807) is 18.5 Å². The topological polar surface area (TPSA) is 46.1 Å². The van der Waals surface area contributed by atoms with Gasteiger partial charge in [0.15, 0.2) is 0 Å². The van der Waals surface area contributed by atoms with E-state index in [1.165, 1.54) is 5.56 Å². The Morgan fingerprint density at radius 2 is 1.76 bits per heavy atom. The molecule has 4 rings (SSSR count). The van der Waals surface area contributed by atoms with Crippen molar-refractivity contribution in [3.63, 3.8) is 0 Å². The molecular formula is C20H22FN3O. The molecule has 0 radical (unpaired) electrons. The first-order valence-corrected chi connectivity index (χ1v) is 8.90. The number of aromatic nitrogens is 2. The molecule has 3 heterocycles. The van der Waals surface area contributed by atoms with Crippen molar-refractivity contribution in [2.75, 3.05) is 0 Å². The van der Waals surface area contributed by atoms with Gasteiger partial charge in [-0.25, -0.2) is 14.4 Å². The van der Waals surface area contributed by atoms with E-state index in [1.807, 2.05) is 30.9 Å². The van der Waals surface area contributed by atoms with Gasteiger partial charge in [0.2, 0.25) is 0 Å². The van der Waals surface area contributed by atoms with Crippen LogP contribution < -0.4 is 0 Å². The van der Waals surface area contributed by atoms with Gasteiger partial charge >= 0.3 is 0 Å². The second kappa shape index (κ2) is 6.21. The van der Waals surface area contributed by atoms with Gasteiger partial charge in [-0.15, -0.1) is 0 Å². The van der Waals surface area contributed by atoms with E-state index in [9.17, 15) is 9.18 Å². The molecule has 2 fully saturated rings. The van der Waals surface area contributed by atoms with Gasteiger partial charge in [-0.2, -0.15) is 0 Å². The summed E-state index contributed by atoms with van der Waals surface area (Å²) in [7, 11) is 0. The summed E-state index contributed by atoms with van der Waals surface area (Å²) in [5, 5.41) is 0. The van der Waals surface area contributed by atoms with E-state index in [2.05, 4.69) is 9.97 Å². The van der Waals surface area contributed by atoms with Crippen LogP contribution in [-0.4, -0.2) is 32.9 Å². The first-order chi connectivity index (χ1) is 12.0. The lowest BCUT2D eigenvalue weighted by Crippen LogP contribution is -2.46. The largest absolute Gasteiger partial charge is 0.333 e. The number of carbonyl (C=O) groups excluding carboxylic acids is 1. The van der Waals surface area contributed by atoms with Crippen LogP contribution in [0, 0.1) is 19.7 Å². The highest BCUT2D eigenvalue weighted by Gasteiger charge is 2.43. The van der Waals surface area contributed by atoms with Gasteiger partial charge in [-0.05, 0) is 62.6 Å². The quantitative estimate of drug-likeness (QED) is 0.836. The summed E-state index contributed by atoms with van der Waals surface area (Å²) in [6.45, 7) is 3.62. The lowest BCUT2D eigenvalue weighted by Gasteiger charge is -2.39. The van der Waals surface area contributed by atoms with E-state index >= 15 is 0 Å². The third-order valence-corrected chi connectivity index (χ3v) is 5.65. The average Bonchev–Trinajstić information content (AvgIpc) is 2.87. The van der Waals surface area contributed by atoms with Crippen molar-refractivity contribution in [3.05, 3.63) is 58.9 Å². The van der Waals surface area contributed by atoms with Gasteiger partial charge in [-0.3, -0.25) is 4.79 Å². The molecule has 4 nitrogen and oxygen atoms in total. The fourth-order valence-corrected chi connectivity index (χ4v) is 4.35. The van der Waals surface area contributed by atoms with Crippen molar-refractivity contribution in [2.45, 2.75) is 57.5 Å². The Hall–Kier alpha value is -2.30. The fraction of sp³-hybridized carbons (Fsp3) is 0.450. The van der Waals surface area contributed by atoms with Gasteiger partial charge in [-0.1, -0.05) is 12.1 Å². The van der Waals surface area contributed by atoms with Gasteiger partial charge in [0.05, 0.1) is 5.56 Å². The monoisotopic (exact) mass is 339 g/mol. The molecule has 0 spiro atoms. The Bertz CT molecular complexity index is 791. The predicted molar refractivity (Wildman–Crippen MR) is 92.9 cm³/mol. The van der Waals surface area contributed by atoms with Crippen LogP contribution in [0.3, 0.4) is 0 Å². The highest BCUT2D eigenvalue weighted by molar-refractivity contribution is 5.94. The minimum atomic E-state index is -0.154. The first-order valence-electron chi connectivity index (χ1n) is 8.90. The van der Waals surface area contributed by atoms with Crippen LogP contribution >= 0.6 is 0 Å². The standard InChI is InChI=1S/C20H22FN3O/c1-12-7-14(3-6-19(12)21)15-8-17-4-5-18(9-15)24(17)20(25)16-10-22-13(2)23-11-16/h3,6-7,10-11,15,17-18H,4-5,8-9H2,1-2H3/t15?,17-,18+. The SMILES string of the molecule is Cc1ncc(C(=O)N2[C@@H]3CC[C@H]2CC(c2ccc(F)c(C)c2)C3)cn1. The lowest BCUT2D eigenvalue weighted by molar-refractivity contribution is 0.0570. The van der Waals surface area contributed by atoms with Crippen molar-refractivity contribution in [1.82, 2.24) is 14.9 Å². The van der Waals surface area contributed by atoms with E-state index < -0.39 is 0 Å². The summed E-state index contributed by atoms with van der Waals surface area (Å²) in [5.74, 6) is 0.958. The molecule has 1 aromatic carbocycles. The third kappa shape index (κ3) is 2.92. The lowest BCUT2D eigenvalue weighted by atomic mass is 9.84. The van der Waals surface area contributed by atoms with Crippen molar-refractivity contribution in [1.29, 1.82) is 0 Å². The first kappa shape index (κ1) is 16.2. The molecule has 1 unspecified atom stereocenters. The number of aryl methyl sites for hydroxylation is 2. The number of halogens is 1.